The van der Waals surface area contributed by atoms with Crippen LogP contribution in [0.5, 0.6) is 0 Å². The molecule has 2 heterocycles. The Morgan fingerprint density at radius 3 is 2.78 bits per heavy atom. The fourth-order valence-electron chi connectivity index (χ4n) is 1.88. The van der Waals surface area contributed by atoms with Gasteiger partial charge in [0.2, 0.25) is 5.82 Å². The van der Waals surface area contributed by atoms with Gasteiger partial charge in [-0.25, -0.2) is 4.98 Å². The molecule has 0 unspecified atom stereocenters. The number of nitrogens with zero attached hydrogens (tertiary/aromatic N) is 2. The fraction of sp³-hybridized carbons (Fsp3) is 0.600. The van der Waals surface area contributed by atoms with Gasteiger partial charge in [0.1, 0.15) is 6.33 Å². The molecule has 3 N–H and O–H groups in total. The van der Waals surface area contributed by atoms with E-state index in [9.17, 15) is 14.7 Å². The number of nitrogens with one attached hydrogen (secondary N) is 2. The van der Waals surface area contributed by atoms with Gasteiger partial charge >= 0.3 is 5.97 Å². The number of H-pyrrole nitrogens is 1. The van der Waals surface area contributed by atoms with Crippen LogP contribution in [0.15, 0.2) is 6.33 Å². The SMILES string of the molecule is O=C(NCC1(C(=O)O)CCOCC1)c1ncn[nH]1. The summed E-state index contributed by atoms with van der Waals surface area (Å²) in [5.41, 5.74) is -0.950. The van der Waals surface area contributed by atoms with Gasteiger partial charge in [0.15, 0.2) is 0 Å². The number of carboxylic acids is 1. The summed E-state index contributed by atoms with van der Waals surface area (Å²) >= 11 is 0. The van der Waals surface area contributed by atoms with Crippen molar-refractivity contribution in [2.75, 3.05) is 19.8 Å². The first-order chi connectivity index (χ1) is 8.64. The first kappa shape index (κ1) is 12.5. The van der Waals surface area contributed by atoms with Gasteiger partial charge < -0.3 is 15.2 Å². The average molecular weight is 254 g/mol. The van der Waals surface area contributed by atoms with E-state index in [4.69, 9.17) is 4.74 Å². The van der Waals surface area contributed by atoms with Gasteiger partial charge in [-0.05, 0) is 12.8 Å². The summed E-state index contributed by atoms with van der Waals surface area (Å²) < 4.78 is 5.15. The molecule has 0 bridgehead atoms. The number of carbonyl (C=O) groups excluding carboxylic acids is 1. The Bertz CT molecular complexity index is 425. The van der Waals surface area contributed by atoms with Crippen molar-refractivity contribution in [1.29, 1.82) is 0 Å². The first-order valence-electron chi connectivity index (χ1n) is 5.59. The molecule has 8 heteroatoms. The highest BCUT2D eigenvalue weighted by atomic mass is 16.5. The predicted octanol–water partition coefficient (Wildman–Crippen LogP) is -0.584. The van der Waals surface area contributed by atoms with Crippen LogP contribution in [-0.4, -0.2) is 51.9 Å². The molecule has 0 radical (unpaired) electrons. The van der Waals surface area contributed by atoms with Crippen LogP contribution in [0, 0.1) is 5.41 Å². The van der Waals surface area contributed by atoms with Crippen LogP contribution in [0.2, 0.25) is 0 Å². The van der Waals surface area contributed by atoms with Crippen molar-refractivity contribution in [2.45, 2.75) is 12.8 Å². The first-order valence-corrected chi connectivity index (χ1v) is 5.59. The number of aromatic amines is 1. The van der Waals surface area contributed by atoms with Crippen molar-refractivity contribution in [1.82, 2.24) is 20.5 Å². The Kier molecular flexibility index (Phi) is 3.56. The Hall–Kier alpha value is -1.96. The lowest BCUT2D eigenvalue weighted by Gasteiger charge is -2.32. The van der Waals surface area contributed by atoms with E-state index in [0.29, 0.717) is 26.1 Å². The number of carbonyl (C=O) groups is 2. The fourth-order valence-corrected chi connectivity index (χ4v) is 1.88. The summed E-state index contributed by atoms with van der Waals surface area (Å²) in [6.07, 6.45) is 1.99. The number of amides is 1. The monoisotopic (exact) mass is 254 g/mol. The van der Waals surface area contributed by atoms with Gasteiger partial charge in [0.25, 0.3) is 5.91 Å². The maximum absolute atomic E-state index is 11.6. The van der Waals surface area contributed by atoms with Gasteiger partial charge in [0, 0.05) is 19.8 Å². The maximum Gasteiger partial charge on any atom is 0.311 e. The van der Waals surface area contributed by atoms with Crippen molar-refractivity contribution < 1.29 is 19.4 Å². The molecule has 0 spiro atoms. The van der Waals surface area contributed by atoms with Crippen molar-refractivity contribution in [3.8, 4) is 0 Å². The Morgan fingerprint density at radius 2 is 2.22 bits per heavy atom. The van der Waals surface area contributed by atoms with E-state index >= 15 is 0 Å². The summed E-state index contributed by atoms with van der Waals surface area (Å²) in [6.45, 7) is 0.847. The van der Waals surface area contributed by atoms with Crippen LogP contribution in [-0.2, 0) is 9.53 Å². The quantitative estimate of drug-likeness (QED) is 0.661. The van der Waals surface area contributed by atoms with Crippen molar-refractivity contribution in [3.05, 3.63) is 12.2 Å². The largest absolute Gasteiger partial charge is 0.481 e. The minimum absolute atomic E-state index is 0.0607. The molecule has 8 nitrogen and oxygen atoms in total. The standard InChI is InChI=1S/C10H14N4O4/c15-8(7-12-6-13-14-7)11-5-10(9(16)17)1-3-18-4-2-10/h6H,1-5H2,(H,11,15)(H,16,17)(H,12,13,14). The van der Waals surface area contributed by atoms with Gasteiger partial charge in [-0.1, -0.05) is 0 Å². The second-order valence-corrected chi connectivity index (χ2v) is 4.21. The van der Waals surface area contributed by atoms with Gasteiger partial charge in [-0.15, -0.1) is 0 Å². The summed E-state index contributed by atoms with van der Waals surface area (Å²) in [7, 11) is 0. The van der Waals surface area contributed by atoms with Crippen molar-refractivity contribution in [2.24, 2.45) is 5.41 Å². The molecular weight excluding hydrogens is 240 g/mol. The molecule has 0 aliphatic carbocycles. The second-order valence-electron chi connectivity index (χ2n) is 4.21. The summed E-state index contributed by atoms with van der Waals surface area (Å²) in [5, 5.41) is 17.8. The lowest BCUT2D eigenvalue weighted by atomic mass is 9.80. The second kappa shape index (κ2) is 5.13. The number of aromatic nitrogens is 3. The molecule has 0 saturated carbocycles. The van der Waals surface area contributed by atoms with Crippen molar-refractivity contribution >= 4 is 11.9 Å². The van der Waals surface area contributed by atoms with E-state index in [-0.39, 0.29) is 12.4 Å². The van der Waals surface area contributed by atoms with Crippen LogP contribution in [0.25, 0.3) is 0 Å². The Balaban J connectivity index is 1.98. The zero-order chi connectivity index (χ0) is 13.0. The zero-order valence-corrected chi connectivity index (χ0v) is 9.68. The molecule has 1 fully saturated rings. The molecule has 1 aromatic rings. The van der Waals surface area contributed by atoms with E-state index in [1.807, 2.05) is 0 Å². The molecule has 1 aliphatic heterocycles. The lowest BCUT2D eigenvalue weighted by Crippen LogP contribution is -2.46. The normalized spacial score (nSPS) is 18.2. The minimum Gasteiger partial charge on any atom is -0.481 e. The minimum atomic E-state index is -0.950. The third-order valence-corrected chi connectivity index (χ3v) is 3.12. The molecule has 0 aromatic carbocycles. The number of ether oxygens (including phenoxy) is 1. The molecule has 1 saturated heterocycles. The van der Waals surface area contributed by atoms with Crippen LogP contribution in [0.3, 0.4) is 0 Å². The summed E-state index contributed by atoms with van der Waals surface area (Å²) in [4.78, 5) is 26.7. The van der Waals surface area contributed by atoms with E-state index in [2.05, 4.69) is 20.5 Å². The number of carboxylic acid groups (broad SMARTS) is 1. The third kappa shape index (κ3) is 2.48. The van der Waals surface area contributed by atoms with Gasteiger partial charge in [-0.2, -0.15) is 5.10 Å². The van der Waals surface area contributed by atoms with Crippen molar-refractivity contribution in [3.63, 3.8) is 0 Å². The third-order valence-electron chi connectivity index (χ3n) is 3.12. The molecule has 0 atom stereocenters. The van der Waals surface area contributed by atoms with E-state index in [1.165, 1.54) is 6.33 Å². The average Bonchev–Trinajstić information content (AvgIpc) is 2.91. The number of hydrogen-bond acceptors (Lipinski definition) is 5. The highest BCUT2D eigenvalue weighted by molar-refractivity contribution is 5.90. The van der Waals surface area contributed by atoms with Crippen LogP contribution in [0.4, 0.5) is 0 Å². The molecule has 2 rings (SSSR count). The Morgan fingerprint density at radius 1 is 1.50 bits per heavy atom. The van der Waals surface area contributed by atoms with Crippen LogP contribution >= 0.6 is 0 Å². The summed E-state index contributed by atoms with van der Waals surface area (Å²) in [5.74, 6) is -1.30. The van der Waals surface area contributed by atoms with E-state index < -0.39 is 17.3 Å². The predicted molar refractivity (Wildman–Crippen MR) is 58.8 cm³/mol. The lowest BCUT2D eigenvalue weighted by molar-refractivity contribution is -0.154. The highest BCUT2D eigenvalue weighted by Crippen LogP contribution is 2.30. The smallest absolute Gasteiger partial charge is 0.311 e. The summed E-state index contributed by atoms with van der Waals surface area (Å²) in [6, 6.07) is 0. The molecule has 1 amide bonds. The number of hydrogen-bond donors (Lipinski definition) is 3. The van der Waals surface area contributed by atoms with E-state index in [0.717, 1.165) is 0 Å². The van der Waals surface area contributed by atoms with Crippen LogP contribution < -0.4 is 5.32 Å². The molecular formula is C10H14N4O4. The van der Waals surface area contributed by atoms with Gasteiger partial charge in [-0.3, -0.25) is 14.7 Å². The maximum atomic E-state index is 11.6. The Labute approximate surface area is 103 Å². The molecule has 18 heavy (non-hydrogen) atoms. The van der Waals surface area contributed by atoms with Crippen LogP contribution in [0.1, 0.15) is 23.5 Å². The number of rotatable bonds is 4. The highest BCUT2D eigenvalue weighted by Gasteiger charge is 2.40. The topological polar surface area (TPSA) is 117 Å². The molecule has 1 aromatic heterocycles. The van der Waals surface area contributed by atoms with Gasteiger partial charge in [0.05, 0.1) is 5.41 Å². The number of aliphatic carboxylic acids is 1. The van der Waals surface area contributed by atoms with E-state index in [1.54, 1.807) is 0 Å². The zero-order valence-electron chi connectivity index (χ0n) is 9.68. The molecule has 98 valence electrons. The molecule has 1 aliphatic rings.